The van der Waals surface area contributed by atoms with Crippen LogP contribution >= 0.6 is 0 Å². The average molecular weight is 179 g/mol. The summed E-state index contributed by atoms with van der Waals surface area (Å²) < 4.78 is 2.12. The lowest BCUT2D eigenvalue weighted by molar-refractivity contribution is 0.322. The van der Waals surface area contributed by atoms with Gasteiger partial charge in [-0.15, -0.1) is 0 Å². The zero-order chi connectivity index (χ0) is 9.10. The van der Waals surface area contributed by atoms with Crippen molar-refractivity contribution in [1.29, 1.82) is 0 Å². The molecular weight excluding hydrogens is 162 g/mol. The maximum Gasteiger partial charge on any atom is 0.0523 e. The van der Waals surface area contributed by atoms with Gasteiger partial charge in [-0.05, 0) is 18.9 Å². The van der Waals surface area contributed by atoms with Crippen LogP contribution in [0, 0.1) is 0 Å². The lowest BCUT2D eigenvalue weighted by Crippen LogP contribution is -2.17. The van der Waals surface area contributed by atoms with Crippen LogP contribution in [0.4, 0.5) is 0 Å². The second kappa shape index (κ2) is 3.92. The van der Waals surface area contributed by atoms with Crippen molar-refractivity contribution >= 4 is 0 Å². The number of rotatable bonds is 2. The van der Waals surface area contributed by atoms with Crippen molar-refractivity contribution in [1.82, 2.24) is 9.78 Å². The third-order valence-corrected chi connectivity index (χ3v) is 2.88. The third-order valence-electron chi connectivity index (χ3n) is 2.88. The maximum atomic E-state index is 5.64. The summed E-state index contributed by atoms with van der Waals surface area (Å²) >= 11 is 0. The van der Waals surface area contributed by atoms with Crippen LogP contribution in [0.3, 0.4) is 0 Å². The van der Waals surface area contributed by atoms with Gasteiger partial charge in [0.05, 0.1) is 11.7 Å². The van der Waals surface area contributed by atoms with E-state index < -0.39 is 0 Å². The molecule has 3 nitrogen and oxygen atoms in total. The molecule has 0 unspecified atom stereocenters. The molecule has 0 bridgehead atoms. The number of aromatic nitrogens is 2. The summed E-state index contributed by atoms with van der Waals surface area (Å²) in [5.41, 5.74) is 6.81. The molecule has 1 aliphatic carbocycles. The van der Waals surface area contributed by atoms with Gasteiger partial charge in [0, 0.05) is 12.7 Å². The van der Waals surface area contributed by atoms with Crippen LogP contribution in [-0.4, -0.2) is 9.78 Å². The van der Waals surface area contributed by atoms with Crippen molar-refractivity contribution in [3.63, 3.8) is 0 Å². The minimum Gasteiger partial charge on any atom is -0.325 e. The lowest BCUT2D eigenvalue weighted by Gasteiger charge is -2.23. The largest absolute Gasteiger partial charge is 0.325 e. The van der Waals surface area contributed by atoms with Crippen molar-refractivity contribution in [2.45, 2.75) is 44.7 Å². The molecule has 1 aliphatic rings. The first-order chi connectivity index (χ1) is 6.42. The van der Waals surface area contributed by atoms with Gasteiger partial charge in [0.2, 0.25) is 0 Å². The Morgan fingerprint density at radius 1 is 1.38 bits per heavy atom. The molecule has 13 heavy (non-hydrogen) atoms. The smallest absolute Gasteiger partial charge is 0.0523 e. The van der Waals surface area contributed by atoms with Gasteiger partial charge >= 0.3 is 0 Å². The Morgan fingerprint density at radius 3 is 2.85 bits per heavy atom. The molecular formula is C10H17N3. The Bertz CT molecular complexity index is 261. The highest BCUT2D eigenvalue weighted by Gasteiger charge is 2.17. The summed E-state index contributed by atoms with van der Waals surface area (Å²) in [5.74, 6) is 0. The molecule has 0 radical (unpaired) electrons. The van der Waals surface area contributed by atoms with Crippen LogP contribution in [0.5, 0.6) is 0 Å². The summed E-state index contributed by atoms with van der Waals surface area (Å²) in [5, 5.41) is 4.35. The van der Waals surface area contributed by atoms with E-state index in [2.05, 4.69) is 9.78 Å². The van der Waals surface area contributed by atoms with E-state index in [0.717, 1.165) is 0 Å². The molecule has 2 rings (SSSR count). The van der Waals surface area contributed by atoms with E-state index in [-0.39, 0.29) is 0 Å². The van der Waals surface area contributed by atoms with Crippen molar-refractivity contribution < 1.29 is 0 Å². The molecule has 0 spiro atoms. The topological polar surface area (TPSA) is 43.8 Å². The van der Waals surface area contributed by atoms with Gasteiger partial charge in [-0.1, -0.05) is 19.3 Å². The molecule has 1 heterocycles. The summed E-state index contributed by atoms with van der Waals surface area (Å²) in [6, 6.07) is 2.64. The molecule has 72 valence electrons. The Labute approximate surface area is 78.9 Å². The zero-order valence-electron chi connectivity index (χ0n) is 7.95. The van der Waals surface area contributed by atoms with Crippen molar-refractivity contribution in [3.05, 3.63) is 18.0 Å². The lowest BCUT2D eigenvalue weighted by atomic mass is 9.95. The van der Waals surface area contributed by atoms with E-state index in [4.69, 9.17) is 5.73 Å². The minimum absolute atomic E-state index is 0.608. The predicted octanol–water partition coefficient (Wildman–Crippen LogP) is 1.85. The normalized spacial score (nSPS) is 19.2. The quantitative estimate of drug-likeness (QED) is 0.753. The van der Waals surface area contributed by atoms with Crippen molar-refractivity contribution in [2.75, 3.05) is 0 Å². The van der Waals surface area contributed by atoms with Gasteiger partial charge in [0.15, 0.2) is 0 Å². The Kier molecular flexibility index (Phi) is 2.64. The second-order valence-electron chi connectivity index (χ2n) is 3.76. The molecule has 3 heteroatoms. The highest BCUT2D eigenvalue weighted by Crippen LogP contribution is 2.28. The number of nitrogens with two attached hydrogens (primary N) is 1. The Morgan fingerprint density at radius 2 is 2.15 bits per heavy atom. The summed E-state index contributed by atoms with van der Waals surface area (Å²) in [7, 11) is 0. The molecule has 0 aliphatic heterocycles. The number of nitrogens with zero attached hydrogens (tertiary/aromatic N) is 2. The maximum absolute atomic E-state index is 5.64. The van der Waals surface area contributed by atoms with Crippen molar-refractivity contribution in [3.8, 4) is 0 Å². The monoisotopic (exact) mass is 179 g/mol. The first-order valence-corrected chi connectivity index (χ1v) is 5.14. The SMILES string of the molecule is NCc1ccnn1C1CCCCC1. The van der Waals surface area contributed by atoms with Gasteiger partial charge in [0.1, 0.15) is 0 Å². The molecule has 0 saturated heterocycles. The predicted molar refractivity (Wildman–Crippen MR) is 52.2 cm³/mol. The van der Waals surface area contributed by atoms with Gasteiger partial charge in [-0.3, -0.25) is 4.68 Å². The second-order valence-corrected chi connectivity index (χ2v) is 3.76. The molecule has 0 atom stereocenters. The van der Waals surface area contributed by atoms with Gasteiger partial charge in [0.25, 0.3) is 0 Å². The third kappa shape index (κ3) is 1.75. The van der Waals surface area contributed by atoms with E-state index in [1.165, 1.54) is 37.8 Å². The Balaban J connectivity index is 2.13. The molecule has 1 aromatic rings. The highest BCUT2D eigenvalue weighted by molar-refractivity contribution is 5.01. The van der Waals surface area contributed by atoms with E-state index >= 15 is 0 Å². The van der Waals surface area contributed by atoms with Gasteiger partial charge in [-0.2, -0.15) is 5.10 Å². The van der Waals surface area contributed by atoms with E-state index in [1.807, 2.05) is 12.3 Å². The van der Waals surface area contributed by atoms with Crippen LogP contribution in [-0.2, 0) is 6.54 Å². The van der Waals surface area contributed by atoms with Crippen molar-refractivity contribution in [2.24, 2.45) is 5.73 Å². The molecule has 2 N–H and O–H groups in total. The zero-order valence-corrected chi connectivity index (χ0v) is 7.95. The standard InChI is InChI=1S/C10H17N3/c11-8-10-6-7-12-13(10)9-4-2-1-3-5-9/h6-7,9H,1-5,8,11H2. The number of hydrogen-bond acceptors (Lipinski definition) is 2. The summed E-state index contributed by atoms with van der Waals surface area (Å²) in [4.78, 5) is 0. The molecule has 1 aromatic heterocycles. The minimum atomic E-state index is 0.608. The van der Waals surface area contributed by atoms with Gasteiger partial charge in [-0.25, -0.2) is 0 Å². The van der Waals surface area contributed by atoms with Crippen LogP contribution < -0.4 is 5.73 Å². The average Bonchev–Trinajstić information content (AvgIpc) is 2.67. The first-order valence-electron chi connectivity index (χ1n) is 5.14. The highest BCUT2D eigenvalue weighted by atomic mass is 15.3. The van der Waals surface area contributed by atoms with Crippen LogP contribution in [0.1, 0.15) is 43.8 Å². The van der Waals surface area contributed by atoms with E-state index in [9.17, 15) is 0 Å². The summed E-state index contributed by atoms with van der Waals surface area (Å²) in [6.45, 7) is 0.608. The van der Waals surface area contributed by atoms with Crippen LogP contribution in [0.2, 0.25) is 0 Å². The fraction of sp³-hybridized carbons (Fsp3) is 0.700. The fourth-order valence-electron chi connectivity index (χ4n) is 2.16. The molecule has 0 aromatic carbocycles. The van der Waals surface area contributed by atoms with E-state index in [0.29, 0.717) is 12.6 Å². The first kappa shape index (κ1) is 8.75. The van der Waals surface area contributed by atoms with Crippen LogP contribution in [0.25, 0.3) is 0 Å². The molecule has 1 saturated carbocycles. The number of hydrogen-bond donors (Lipinski definition) is 1. The summed E-state index contributed by atoms with van der Waals surface area (Å²) in [6.07, 6.45) is 8.47. The van der Waals surface area contributed by atoms with Crippen LogP contribution in [0.15, 0.2) is 12.3 Å². The molecule has 0 amide bonds. The van der Waals surface area contributed by atoms with Gasteiger partial charge < -0.3 is 5.73 Å². The fourth-order valence-corrected chi connectivity index (χ4v) is 2.16. The Hall–Kier alpha value is -0.830. The van der Waals surface area contributed by atoms with E-state index in [1.54, 1.807) is 0 Å². The molecule has 1 fully saturated rings.